The maximum Gasteiger partial charge on any atom is 0.325 e. The fourth-order valence-corrected chi connectivity index (χ4v) is 6.04. The van der Waals surface area contributed by atoms with E-state index in [-0.39, 0.29) is 17.4 Å². The van der Waals surface area contributed by atoms with Gasteiger partial charge in [-0.3, -0.25) is 4.57 Å². The normalized spacial score (nSPS) is 15.5. The lowest BCUT2D eigenvalue weighted by Gasteiger charge is -2.42. The Bertz CT molecular complexity index is 921. The van der Waals surface area contributed by atoms with Crippen molar-refractivity contribution < 1.29 is 23.5 Å². The molecule has 2 aromatic carbocycles. The zero-order chi connectivity index (χ0) is 23.0. The fourth-order valence-electron chi connectivity index (χ4n) is 3.77. The van der Waals surface area contributed by atoms with E-state index in [2.05, 4.69) is 39.4 Å². The van der Waals surface area contributed by atoms with Crippen molar-refractivity contribution >= 4 is 35.3 Å². The number of hydrogen-bond acceptors (Lipinski definition) is 4. The van der Waals surface area contributed by atoms with Crippen molar-refractivity contribution in [3.8, 4) is 0 Å². The Labute approximate surface area is 201 Å². The predicted octanol–water partition coefficient (Wildman–Crippen LogP) is 5.48. The van der Waals surface area contributed by atoms with Gasteiger partial charge in [0.15, 0.2) is 0 Å². The van der Waals surface area contributed by atoms with Gasteiger partial charge >= 0.3 is 7.60 Å². The van der Waals surface area contributed by atoms with Crippen molar-refractivity contribution in [1.29, 1.82) is 0 Å². The second kappa shape index (κ2) is 12.1. The second-order valence-corrected chi connectivity index (χ2v) is 12.0. The van der Waals surface area contributed by atoms with Crippen LogP contribution < -0.4 is 5.32 Å². The van der Waals surface area contributed by atoms with E-state index in [1.54, 1.807) is 0 Å². The molecule has 9 heteroatoms. The van der Waals surface area contributed by atoms with Gasteiger partial charge in [-0.15, -0.1) is 11.8 Å². The van der Waals surface area contributed by atoms with Gasteiger partial charge in [0, 0.05) is 21.3 Å². The van der Waals surface area contributed by atoms with Crippen LogP contribution >= 0.6 is 35.3 Å². The molecule has 0 atom stereocenters. The molecule has 32 heavy (non-hydrogen) atoms. The first-order chi connectivity index (χ1) is 15.3. The van der Waals surface area contributed by atoms with E-state index in [0.717, 1.165) is 35.1 Å². The van der Waals surface area contributed by atoms with Gasteiger partial charge in [-0.1, -0.05) is 24.6 Å². The maximum atomic E-state index is 13.2. The van der Waals surface area contributed by atoms with Crippen LogP contribution in [-0.2, 0) is 21.3 Å². The van der Waals surface area contributed by atoms with Gasteiger partial charge < -0.3 is 19.8 Å². The number of rotatable bonds is 13. The first kappa shape index (κ1) is 25.9. The summed E-state index contributed by atoms with van der Waals surface area (Å²) in [6.07, 6.45) is 3.61. The largest absolute Gasteiger partial charge is 0.379 e. The predicted molar refractivity (Wildman–Crippen MR) is 131 cm³/mol. The Hall–Kier alpha value is -0.730. The van der Waals surface area contributed by atoms with Crippen LogP contribution in [0.25, 0.3) is 0 Å². The lowest BCUT2D eigenvalue weighted by Crippen LogP contribution is -2.46. The molecule has 0 unspecified atom stereocenters. The molecule has 0 aliphatic carbocycles. The zero-order valence-electron chi connectivity index (χ0n) is 17.9. The van der Waals surface area contributed by atoms with Crippen molar-refractivity contribution in [1.82, 2.24) is 5.32 Å². The van der Waals surface area contributed by atoms with Gasteiger partial charge in [0.1, 0.15) is 5.82 Å². The van der Waals surface area contributed by atoms with Crippen LogP contribution in [-0.4, -0.2) is 41.5 Å². The molecule has 1 saturated heterocycles. The van der Waals surface area contributed by atoms with Crippen LogP contribution in [0.2, 0.25) is 0 Å². The monoisotopic (exact) mass is 545 g/mol. The summed E-state index contributed by atoms with van der Waals surface area (Å²) in [7, 11) is -3.90. The summed E-state index contributed by atoms with van der Waals surface area (Å²) in [4.78, 5) is 19.0. The van der Waals surface area contributed by atoms with Crippen LogP contribution in [0.15, 0.2) is 51.8 Å². The molecule has 0 aromatic heterocycles. The SMILES string of the molecule is O=P(O)(O)CCCNCc1ccc(SCCCCC2(c3ccc(F)cc3)COC2)c(Br)c1. The molecule has 0 saturated carbocycles. The molecule has 0 bridgehead atoms. The summed E-state index contributed by atoms with van der Waals surface area (Å²) < 4.78 is 30.6. The summed E-state index contributed by atoms with van der Waals surface area (Å²) in [6, 6.07) is 13.1. The number of halogens is 2. The second-order valence-electron chi connectivity index (χ2n) is 8.27. The minimum Gasteiger partial charge on any atom is -0.379 e. The molecule has 0 radical (unpaired) electrons. The zero-order valence-corrected chi connectivity index (χ0v) is 21.2. The molecule has 2 aromatic rings. The summed E-state index contributed by atoms with van der Waals surface area (Å²) in [5.74, 6) is 0.826. The first-order valence-corrected chi connectivity index (χ1v) is 14.4. The van der Waals surface area contributed by atoms with Gasteiger partial charge in [0.2, 0.25) is 0 Å². The average Bonchev–Trinajstić information content (AvgIpc) is 2.70. The smallest absolute Gasteiger partial charge is 0.325 e. The summed E-state index contributed by atoms with van der Waals surface area (Å²) in [5, 5.41) is 3.22. The number of nitrogens with one attached hydrogen (secondary N) is 1. The van der Waals surface area contributed by atoms with E-state index >= 15 is 0 Å². The molecule has 1 aliphatic heterocycles. The third kappa shape index (κ3) is 7.94. The first-order valence-electron chi connectivity index (χ1n) is 10.8. The van der Waals surface area contributed by atoms with Crippen LogP contribution in [0, 0.1) is 5.82 Å². The highest BCUT2D eigenvalue weighted by Gasteiger charge is 2.39. The van der Waals surface area contributed by atoms with E-state index in [9.17, 15) is 8.96 Å². The lowest BCUT2D eigenvalue weighted by atomic mass is 9.75. The van der Waals surface area contributed by atoms with Crippen LogP contribution in [0.4, 0.5) is 4.39 Å². The molecule has 176 valence electrons. The Morgan fingerprint density at radius 2 is 1.88 bits per heavy atom. The van der Waals surface area contributed by atoms with Crippen LogP contribution in [0.5, 0.6) is 0 Å². The minimum atomic E-state index is -3.90. The Morgan fingerprint density at radius 3 is 2.50 bits per heavy atom. The molecule has 1 heterocycles. The number of hydrogen-bond donors (Lipinski definition) is 3. The molecule has 3 N–H and O–H groups in total. The van der Waals surface area contributed by atoms with Gasteiger partial charge in [-0.2, -0.15) is 0 Å². The third-order valence-electron chi connectivity index (χ3n) is 5.65. The quantitative estimate of drug-likeness (QED) is 0.176. The van der Waals surface area contributed by atoms with E-state index in [1.807, 2.05) is 23.9 Å². The summed E-state index contributed by atoms with van der Waals surface area (Å²) >= 11 is 5.48. The van der Waals surface area contributed by atoms with Crippen molar-refractivity contribution in [2.45, 2.75) is 42.5 Å². The van der Waals surface area contributed by atoms with E-state index in [0.29, 0.717) is 32.7 Å². The molecule has 3 rings (SSSR count). The molecule has 0 spiro atoms. The fraction of sp³-hybridized carbons (Fsp3) is 0.478. The van der Waals surface area contributed by atoms with Gasteiger partial charge in [-0.25, -0.2) is 4.39 Å². The number of benzene rings is 2. The molecule has 1 fully saturated rings. The summed E-state index contributed by atoms with van der Waals surface area (Å²) in [6.45, 7) is 2.67. The molecule has 0 amide bonds. The van der Waals surface area contributed by atoms with Crippen LogP contribution in [0.1, 0.15) is 36.8 Å². The van der Waals surface area contributed by atoms with Gasteiger partial charge in [0.05, 0.1) is 19.4 Å². The van der Waals surface area contributed by atoms with E-state index < -0.39 is 7.60 Å². The Kier molecular flexibility index (Phi) is 9.80. The highest BCUT2D eigenvalue weighted by atomic mass is 79.9. The standard InChI is InChI=1S/C23H30BrFNO4PS/c24-21-14-18(15-26-11-3-12-31(27,28)29)4-9-22(21)32-13-2-1-10-23(16-30-17-23)19-5-7-20(25)8-6-19/h4-9,14,26H,1-3,10-13,15-17H2,(H2,27,28,29). The third-order valence-corrected chi connectivity index (χ3v) is 8.63. The number of thioether (sulfide) groups is 1. The minimum absolute atomic E-state index is 0.0406. The van der Waals surface area contributed by atoms with Gasteiger partial charge in [0.25, 0.3) is 0 Å². The summed E-state index contributed by atoms with van der Waals surface area (Å²) in [5.41, 5.74) is 2.34. The molecule has 5 nitrogen and oxygen atoms in total. The van der Waals surface area contributed by atoms with Crippen molar-refractivity contribution in [2.24, 2.45) is 0 Å². The average molecular weight is 546 g/mol. The van der Waals surface area contributed by atoms with Crippen molar-refractivity contribution in [3.05, 3.63) is 63.9 Å². The highest BCUT2D eigenvalue weighted by Crippen LogP contribution is 2.38. The highest BCUT2D eigenvalue weighted by molar-refractivity contribution is 9.10. The van der Waals surface area contributed by atoms with Crippen molar-refractivity contribution in [2.75, 3.05) is 31.7 Å². The van der Waals surface area contributed by atoms with Crippen molar-refractivity contribution in [3.63, 3.8) is 0 Å². The van der Waals surface area contributed by atoms with Gasteiger partial charge in [-0.05, 0) is 82.9 Å². The van der Waals surface area contributed by atoms with E-state index in [4.69, 9.17) is 14.5 Å². The number of ether oxygens (including phenoxy) is 1. The topological polar surface area (TPSA) is 78.8 Å². The molecule has 1 aliphatic rings. The Morgan fingerprint density at radius 1 is 1.12 bits per heavy atom. The number of unbranched alkanes of at least 4 members (excludes halogenated alkanes) is 1. The Balaban J connectivity index is 1.37. The molecular formula is C23H30BrFNO4PS. The van der Waals surface area contributed by atoms with Crippen LogP contribution in [0.3, 0.4) is 0 Å². The maximum absolute atomic E-state index is 13.2. The molecular weight excluding hydrogens is 516 g/mol. The lowest BCUT2D eigenvalue weighted by molar-refractivity contribution is -0.0652. The van der Waals surface area contributed by atoms with E-state index in [1.165, 1.54) is 22.6 Å².